The number of aromatic amines is 1. The van der Waals surface area contributed by atoms with Crippen molar-refractivity contribution >= 4 is 11.8 Å². The average Bonchev–Trinajstić information content (AvgIpc) is 3.10. The summed E-state index contributed by atoms with van der Waals surface area (Å²) in [7, 11) is 1.52. The van der Waals surface area contributed by atoms with E-state index in [-0.39, 0.29) is 24.1 Å². The van der Waals surface area contributed by atoms with Gasteiger partial charge in [0, 0.05) is 7.05 Å². The van der Waals surface area contributed by atoms with Crippen molar-refractivity contribution < 1.29 is 14.0 Å². The number of nitrogens with zero attached hydrogens (tertiary/aromatic N) is 4. The van der Waals surface area contributed by atoms with Gasteiger partial charge >= 0.3 is 0 Å². The maximum absolute atomic E-state index is 11.9. The Morgan fingerprint density at radius 3 is 2.95 bits per heavy atom. The average molecular weight is 278 g/mol. The van der Waals surface area contributed by atoms with Crippen molar-refractivity contribution in [3.8, 4) is 0 Å². The summed E-state index contributed by atoms with van der Waals surface area (Å²) in [5.41, 5.74) is 0. The molecule has 2 amide bonds. The van der Waals surface area contributed by atoms with E-state index in [1.165, 1.54) is 18.2 Å². The molecular weight excluding hydrogens is 264 g/mol. The number of likely N-dealkylation sites (N-methyl/N-ethyl adjacent to an activating group) is 1. The third kappa shape index (κ3) is 3.19. The lowest BCUT2D eigenvalue weighted by atomic mass is 10.3. The molecule has 2 heterocycles. The maximum atomic E-state index is 11.9. The van der Waals surface area contributed by atoms with Crippen molar-refractivity contribution in [1.29, 1.82) is 0 Å². The third-order valence-corrected chi connectivity index (χ3v) is 2.59. The number of carbonyl (C=O) groups is 2. The lowest BCUT2D eigenvalue weighted by Crippen LogP contribution is -2.39. The standard InChI is InChI=1S/C11H14N6O3/c1-7(10-13-15-16-14-10)12-9(18)6-17(2)11(19)8-4-3-5-20-8/h3-5,7H,6H2,1-2H3,(H,12,18)(H,13,14,15,16). The summed E-state index contributed by atoms with van der Waals surface area (Å²) in [6.45, 7) is 1.62. The zero-order valence-corrected chi connectivity index (χ0v) is 11.0. The summed E-state index contributed by atoms with van der Waals surface area (Å²) >= 11 is 0. The third-order valence-electron chi connectivity index (χ3n) is 2.59. The Hall–Kier alpha value is -2.71. The highest BCUT2D eigenvalue weighted by Gasteiger charge is 2.19. The highest BCUT2D eigenvalue weighted by Crippen LogP contribution is 2.05. The second-order valence-electron chi connectivity index (χ2n) is 4.20. The Kier molecular flexibility index (Phi) is 4.08. The van der Waals surface area contributed by atoms with Crippen LogP contribution in [0.25, 0.3) is 0 Å². The first-order valence-corrected chi connectivity index (χ1v) is 5.89. The molecule has 0 aliphatic heterocycles. The minimum absolute atomic E-state index is 0.0955. The summed E-state index contributed by atoms with van der Waals surface area (Å²) in [5, 5.41) is 15.9. The second kappa shape index (κ2) is 5.95. The van der Waals surface area contributed by atoms with Gasteiger partial charge in [0.25, 0.3) is 5.91 Å². The van der Waals surface area contributed by atoms with E-state index < -0.39 is 6.04 Å². The van der Waals surface area contributed by atoms with Crippen molar-refractivity contribution in [3.63, 3.8) is 0 Å². The number of hydrogen-bond acceptors (Lipinski definition) is 6. The van der Waals surface area contributed by atoms with Crippen LogP contribution in [0.3, 0.4) is 0 Å². The van der Waals surface area contributed by atoms with E-state index in [0.717, 1.165) is 0 Å². The van der Waals surface area contributed by atoms with Gasteiger partial charge in [0.15, 0.2) is 11.6 Å². The van der Waals surface area contributed by atoms with E-state index in [9.17, 15) is 9.59 Å². The molecule has 1 atom stereocenters. The lowest BCUT2D eigenvalue weighted by molar-refractivity contribution is -0.122. The van der Waals surface area contributed by atoms with Gasteiger partial charge in [-0.25, -0.2) is 0 Å². The Morgan fingerprint density at radius 1 is 1.55 bits per heavy atom. The van der Waals surface area contributed by atoms with Crippen LogP contribution in [0.5, 0.6) is 0 Å². The molecule has 0 saturated carbocycles. The van der Waals surface area contributed by atoms with Crippen LogP contribution in [0.4, 0.5) is 0 Å². The number of tetrazole rings is 1. The molecule has 20 heavy (non-hydrogen) atoms. The number of carbonyl (C=O) groups excluding carboxylic acids is 2. The fraction of sp³-hybridized carbons (Fsp3) is 0.364. The van der Waals surface area contributed by atoms with Gasteiger partial charge in [0.2, 0.25) is 5.91 Å². The number of amides is 2. The fourth-order valence-electron chi connectivity index (χ4n) is 1.58. The number of rotatable bonds is 5. The summed E-state index contributed by atoms with van der Waals surface area (Å²) in [6, 6.07) is 2.76. The van der Waals surface area contributed by atoms with Crippen LogP contribution in [0.2, 0.25) is 0 Å². The molecular formula is C11H14N6O3. The zero-order chi connectivity index (χ0) is 14.5. The van der Waals surface area contributed by atoms with Crippen molar-refractivity contribution in [1.82, 2.24) is 30.8 Å². The number of aromatic nitrogens is 4. The van der Waals surface area contributed by atoms with Crippen molar-refractivity contribution in [2.24, 2.45) is 0 Å². The van der Waals surface area contributed by atoms with Crippen LogP contribution in [0, 0.1) is 0 Å². The molecule has 0 spiro atoms. The smallest absolute Gasteiger partial charge is 0.289 e. The minimum Gasteiger partial charge on any atom is -0.459 e. The molecule has 0 aromatic carbocycles. The first-order chi connectivity index (χ1) is 9.58. The van der Waals surface area contributed by atoms with E-state index >= 15 is 0 Å². The molecule has 0 aliphatic carbocycles. The van der Waals surface area contributed by atoms with Crippen LogP contribution in [-0.4, -0.2) is 50.9 Å². The minimum atomic E-state index is -0.395. The van der Waals surface area contributed by atoms with Gasteiger partial charge < -0.3 is 14.6 Å². The lowest BCUT2D eigenvalue weighted by Gasteiger charge is -2.17. The van der Waals surface area contributed by atoms with Gasteiger partial charge in [-0.05, 0) is 19.1 Å². The van der Waals surface area contributed by atoms with Crippen LogP contribution < -0.4 is 5.32 Å². The van der Waals surface area contributed by atoms with E-state index in [4.69, 9.17) is 4.42 Å². The highest BCUT2D eigenvalue weighted by atomic mass is 16.3. The molecule has 9 nitrogen and oxygen atoms in total. The second-order valence-corrected chi connectivity index (χ2v) is 4.20. The molecule has 0 fully saturated rings. The van der Waals surface area contributed by atoms with E-state index in [0.29, 0.717) is 5.82 Å². The molecule has 2 aromatic heterocycles. The molecule has 0 bridgehead atoms. The number of hydrogen-bond donors (Lipinski definition) is 2. The van der Waals surface area contributed by atoms with E-state index in [1.807, 2.05) is 0 Å². The monoisotopic (exact) mass is 278 g/mol. The van der Waals surface area contributed by atoms with Crippen molar-refractivity contribution in [3.05, 3.63) is 30.0 Å². The largest absolute Gasteiger partial charge is 0.459 e. The molecule has 2 aromatic rings. The fourth-order valence-corrected chi connectivity index (χ4v) is 1.58. The van der Waals surface area contributed by atoms with Gasteiger partial charge in [-0.3, -0.25) is 9.59 Å². The van der Waals surface area contributed by atoms with Crippen LogP contribution in [-0.2, 0) is 4.79 Å². The van der Waals surface area contributed by atoms with Crippen LogP contribution in [0.15, 0.2) is 22.8 Å². The Labute approximate surface area is 114 Å². The molecule has 0 saturated heterocycles. The Balaban J connectivity index is 1.86. The number of nitrogens with one attached hydrogen (secondary N) is 2. The molecule has 2 N–H and O–H groups in total. The highest BCUT2D eigenvalue weighted by molar-refractivity contribution is 5.94. The van der Waals surface area contributed by atoms with Gasteiger partial charge in [0.1, 0.15) is 0 Å². The summed E-state index contributed by atoms with van der Waals surface area (Å²) in [5.74, 6) is -0.132. The summed E-state index contributed by atoms with van der Waals surface area (Å²) < 4.78 is 4.98. The van der Waals surface area contributed by atoms with Gasteiger partial charge in [-0.15, -0.1) is 10.2 Å². The molecule has 1 unspecified atom stereocenters. The quantitative estimate of drug-likeness (QED) is 0.778. The van der Waals surface area contributed by atoms with Crippen molar-refractivity contribution in [2.75, 3.05) is 13.6 Å². The number of furan rings is 1. The molecule has 0 aliphatic rings. The zero-order valence-electron chi connectivity index (χ0n) is 11.0. The van der Waals surface area contributed by atoms with Gasteiger partial charge in [-0.2, -0.15) is 5.21 Å². The van der Waals surface area contributed by atoms with Crippen molar-refractivity contribution in [2.45, 2.75) is 13.0 Å². The van der Waals surface area contributed by atoms with Crippen LogP contribution in [0.1, 0.15) is 29.3 Å². The maximum Gasteiger partial charge on any atom is 0.289 e. The van der Waals surface area contributed by atoms with Gasteiger partial charge in [-0.1, -0.05) is 5.21 Å². The topological polar surface area (TPSA) is 117 Å². The summed E-state index contributed by atoms with van der Waals surface area (Å²) in [4.78, 5) is 24.9. The molecule has 9 heteroatoms. The summed E-state index contributed by atoms with van der Waals surface area (Å²) in [6.07, 6.45) is 1.40. The van der Waals surface area contributed by atoms with Crippen LogP contribution >= 0.6 is 0 Å². The predicted octanol–water partition coefficient (Wildman–Crippen LogP) is -0.258. The Bertz CT molecular complexity index is 565. The van der Waals surface area contributed by atoms with Gasteiger partial charge in [0.05, 0.1) is 18.8 Å². The molecule has 2 rings (SSSR count). The SMILES string of the molecule is CC(NC(=O)CN(C)C(=O)c1ccco1)c1nn[nH]n1. The number of H-pyrrole nitrogens is 1. The molecule has 0 radical (unpaired) electrons. The van der Waals surface area contributed by atoms with E-state index in [2.05, 4.69) is 25.9 Å². The normalized spacial score (nSPS) is 11.9. The first-order valence-electron chi connectivity index (χ1n) is 5.89. The first kappa shape index (κ1) is 13.7. The molecule has 106 valence electrons. The van der Waals surface area contributed by atoms with E-state index in [1.54, 1.807) is 19.1 Å². The predicted molar refractivity (Wildman–Crippen MR) is 66.4 cm³/mol. The Morgan fingerprint density at radius 2 is 2.35 bits per heavy atom.